The van der Waals surface area contributed by atoms with Crippen LogP contribution in [0.3, 0.4) is 0 Å². The molecule has 0 aliphatic rings. The van der Waals surface area contributed by atoms with E-state index in [1.807, 2.05) is 12.5 Å². The summed E-state index contributed by atoms with van der Waals surface area (Å²) >= 11 is 0. The number of nitrogens with zero attached hydrogens (tertiary/aromatic N) is 3. The van der Waals surface area contributed by atoms with Crippen LogP contribution in [0.2, 0.25) is 0 Å². The Labute approximate surface area is 98.7 Å². The van der Waals surface area contributed by atoms with E-state index in [0.29, 0.717) is 12.1 Å². The van der Waals surface area contributed by atoms with Crippen molar-refractivity contribution in [3.8, 4) is 0 Å². The first-order chi connectivity index (χ1) is 7.50. The number of nitrogens with one attached hydrogen (secondary N) is 1. The molecular formula is C12H24N4. The largest absolute Gasteiger partial charge is 0.332 e. The molecule has 0 aliphatic heterocycles. The summed E-state index contributed by atoms with van der Waals surface area (Å²) in [6.07, 6.45) is 3.86. The fourth-order valence-corrected chi connectivity index (χ4v) is 1.42. The highest BCUT2D eigenvalue weighted by Gasteiger charge is 2.08. The number of hydrogen-bond acceptors (Lipinski definition) is 3. The highest BCUT2D eigenvalue weighted by Crippen LogP contribution is 2.03. The molecule has 1 aromatic heterocycles. The second kappa shape index (κ2) is 6.01. The van der Waals surface area contributed by atoms with E-state index >= 15 is 0 Å². The third-order valence-corrected chi connectivity index (χ3v) is 2.83. The lowest BCUT2D eigenvalue weighted by atomic mass is 10.3. The Hall–Kier alpha value is -0.870. The molecule has 4 heteroatoms. The van der Waals surface area contributed by atoms with Crippen molar-refractivity contribution < 1.29 is 0 Å². The summed E-state index contributed by atoms with van der Waals surface area (Å²) in [7, 11) is 4.21. The Balaban J connectivity index is 2.56. The van der Waals surface area contributed by atoms with Crippen LogP contribution in [0.5, 0.6) is 0 Å². The molecule has 0 aromatic carbocycles. The van der Waals surface area contributed by atoms with E-state index < -0.39 is 0 Å². The predicted octanol–water partition coefficient (Wildman–Crippen LogP) is 1.33. The maximum atomic E-state index is 4.22. The molecule has 0 saturated heterocycles. The van der Waals surface area contributed by atoms with Gasteiger partial charge in [0.1, 0.15) is 0 Å². The van der Waals surface area contributed by atoms with E-state index in [2.05, 4.69) is 54.6 Å². The lowest BCUT2D eigenvalue weighted by molar-refractivity contribution is 0.281. The molecular weight excluding hydrogens is 200 g/mol. The molecule has 0 spiro atoms. The van der Waals surface area contributed by atoms with Crippen molar-refractivity contribution in [2.75, 3.05) is 14.1 Å². The lowest BCUT2D eigenvalue weighted by Crippen LogP contribution is -2.30. The number of imidazole rings is 1. The average Bonchev–Trinajstić information content (AvgIpc) is 2.62. The van der Waals surface area contributed by atoms with Gasteiger partial charge in [-0.05, 0) is 21.0 Å². The molecule has 1 N–H and O–H groups in total. The molecule has 16 heavy (non-hydrogen) atoms. The van der Waals surface area contributed by atoms with Gasteiger partial charge in [-0.2, -0.15) is 0 Å². The van der Waals surface area contributed by atoms with Gasteiger partial charge in [-0.15, -0.1) is 0 Å². The second-order valence-corrected chi connectivity index (χ2v) is 4.89. The minimum Gasteiger partial charge on any atom is -0.332 e. The minimum atomic E-state index is 0.509. The number of aromatic nitrogens is 2. The van der Waals surface area contributed by atoms with Crippen molar-refractivity contribution in [2.24, 2.45) is 0 Å². The maximum absolute atomic E-state index is 4.22. The first-order valence-electron chi connectivity index (χ1n) is 5.89. The molecule has 4 nitrogen and oxygen atoms in total. The fourth-order valence-electron chi connectivity index (χ4n) is 1.42. The zero-order valence-corrected chi connectivity index (χ0v) is 11.1. The lowest BCUT2D eigenvalue weighted by Gasteiger charge is -2.21. The highest BCUT2D eigenvalue weighted by atomic mass is 15.2. The molecule has 0 amide bonds. The topological polar surface area (TPSA) is 33.1 Å². The highest BCUT2D eigenvalue weighted by molar-refractivity contribution is 4.98. The van der Waals surface area contributed by atoms with Crippen molar-refractivity contribution in [2.45, 2.75) is 45.9 Å². The maximum Gasteiger partial charge on any atom is 0.0949 e. The van der Waals surface area contributed by atoms with Gasteiger partial charge in [0.15, 0.2) is 0 Å². The summed E-state index contributed by atoms with van der Waals surface area (Å²) in [5.74, 6) is 0. The molecule has 0 radical (unpaired) electrons. The standard InChI is InChI=1S/C12H24N4/c1-10(2)14-7-12-6-13-9-16(12)8-11(3)15(4)5/h6,9-11,14H,7-8H2,1-5H3. The summed E-state index contributed by atoms with van der Waals surface area (Å²) < 4.78 is 2.22. The summed E-state index contributed by atoms with van der Waals surface area (Å²) in [5, 5.41) is 3.42. The van der Waals surface area contributed by atoms with E-state index in [0.717, 1.165) is 13.1 Å². The molecule has 1 aromatic rings. The van der Waals surface area contributed by atoms with Crippen LogP contribution in [-0.4, -0.2) is 40.6 Å². The Morgan fingerprint density at radius 2 is 2.06 bits per heavy atom. The summed E-state index contributed by atoms with van der Waals surface area (Å²) in [5.41, 5.74) is 1.25. The van der Waals surface area contributed by atoms with E-state index in [4.69, 9.17) is 0 Å². The van der Waals surface area contributed by atoms with Gasteiger partial charge in [-0.25, -0.2) is 4.98 Å². The van der Waals surface area contributed by atoms with Gasteiger partial charge < -0.3 is 14.8 Å². The first-order valence-corrected chi connectivity index (χ1v) is 5.89. The van der Waals surface area contributed by atoms with Gasteiger partial charge in [-0.1, -0.05) is 13.8 Å². The van der Waals surface area contributed by atoms with Crippen LogP contribution in [0.25, 0.3) is 0 Å². The SMILES string of the molecule is CC(C)NCc1cncn1CC(C)N(C)C. The van der Waals surface area contributed by atoms with E-state index in [1.54, 1.807) is 0 Å². The number of rotatable bonds is 6. The molecule has 0 aliphatic carbocycles. The summed E-state index contributed by atoms with van der Waals surface area (Å²) in [6, 6.07) is 1.03. The summed E-state index contributed by atoms with van der Waals surface area (Å²) in [6.45, 7) is 8.41. The van der Waals surface area contributed by atoms with E-state index in [1.165, 1.54) is 5.69 Å². The van der Waals surface area contributed by atoms with Crippen molar-refractivity contribution in [1.29, 1.82) is 0 Å². The molecule has 0 bridgehead atoms. The van der Waals surface area contributed by atoms with Gasteiger partial charge in [0, 0.05) is 31.4 Å². The predicted molar refractivity (Wildman–Crippen MR) is 67.4 cm³/mol. The smallest absolute Gasteiger partial charge is 0.0949 e. The Morgan fingerprint density at radius 1 is 1.38 bits per heavy atom. The third kappa shape index (κ3) is 3.94. The quantitative estimate of drug-likeness (QED) is 0.791. The molecule has 1 rings (SSSR count). The Kier molecular flexibility index (Phi) is 4.96. The molecule has 1 unspecified atom stereocenters. The first kappa shape index (κ1) is 13.2. The Morgan fingerprint density at radius 3 is 2.62 bits per heavy atom. The van der Waals surface area contributed by atoms with Crippen LogP contribution in [0.4, 0.5) is 0 Å². The zero-order chi connectivity index (χ0) is 12.1. The van der Waals surface area contributed by atoms with E-state index in [-0.39, 0.29) is 0 Å². The third-order valence-electron chi connectivity index (χ3n) is 2.83. The van der Waals surface area contributed by atoms with Gasteiger partial charge in [0.05, 0.1) is 12.0 Å². The molecule has 1 atom stereocenters. The van der Waals surface area contributed by atoms with Gasteiger partial charge in [0.25, 0.3) is 0 Å². The molecule has 92 valence electrons. The zero-order valence-electron chi connectivity index (χ0n) is 11.1. The van der Waals surface area contributed by atoms with Crippen LogP contribution in [0, 0.1) is 0 Å². The van der Waals surface area contributed by atoms with Crippen LogP contribution in [0.15, 0.2) is 12.5 Å². The number of likely N-dealkylation sites (N-methyl/N-ethyl adjacent to an activating group) is 1. The molecule has 0 saturated carbocycles. The fraction of sp³-hybridized carbons (Fsp3) is 0.750. The van der Waals surface area contributed by atoms with Crippen LogP contribution >= 0.6 is 0 Å². The van der Waals surface area contributed by atoms with Gasteiger partial charge in [0.2, 0.25) is 0 Å². The van der Waals surface area contributed by atoms with Crippen molar-refractivity contribution in [3.05, 3.63) is 18.2 Å². The van der Waals surface area contributed by atoms with Crippen LogP contribution in [0.1, 0.15) is 26.5 Å². The monoisotopic (exact) mass is 224 g/mol. The van der Waals surface area contributed by atoms with Gasteiger partial charge >= 0.3 is 0 Å². The normalized spacial score (nSPS) is 13.7. The van der Waals surface area contributed by atoms with Gasteiger partial charge in [-0.3, -0.25) is 0 Å². The Bertz CT molecular complexity index is 304. The van der Waals surface area contributed by atoms with E-state index in [9.17, 15) is 0 Å². The van der Waals surface area contributed by atoms with Crippen molar-refractivity contribution in [3.63, 3.8) is 0 Å². The summed E-state index contributed by atoms with van der Waals surface area (Å²) in [4.78, 5) is 6.44. The number of hydrogen-bond donors (Lipinski definition) is 1. The van der Waals surface area contributed by atoms with Crippen molar-refractivity contribution in [1.82, 2.24) is 19.8 Å². The molecule has 0 fully saturated rings. The molecule has 1 heterocycles. The minimum absolute atomic E-state index is 0.509. The average molecular weight is 224 g/mol. The van der Waals surface area contributed by atoms with Crippen LogP contribution in [-0.2, 0) is 13.1 Å². The van der Waals surface area contributed by atoms with Crippen LogP contribution < -0.4 is 5.32 Å². The second-order valence-electron chi connectivity index (χ2n) is 4.89. The van der Waals surface area contributed by atoms with Crippen molar-refractivity contribution >= 4 is 0 Å².